The molecule has 0 amide bonds. The van der Waals surface area contributed by atoms with Crippen LogP contribution in [0.25, 0.3) is 11.2 Å². The zero-order valence-corrected chi connectivity index (χ0v) is 20.8. The van der Waals surface area contributed by atoms with Crippen molar-refractivity contribution in [3.05, 3.63) is 54.4 Å². The normalized spacial score (nSPS) is 15.3. The molecule has 1 fully saturated rings. The van der Waals surface area contributed by atoms with Crippen LogP contribution in [0.4, 0.5) is 17.5 Å². The monoisotopic (exact) mass is 458 g/mol. The molecule has 178 valence electrons. The standard InChI is InChI=1S/C26H34N8/c1-18-6-7-20(26(2,3)4)14-21(18)29-24-22-23(28-17-32(22)5)30-25(31-24)34-11-8-19(9-12-34)15-33-13-10-27-16-33/h6-7,10,13-14,16-17,19H,8-9,11-12,15H2,1-5H3,(H,29,30,31). The maximum Gasteiger partial charge on any atom is 0.229 e. The van der Waals surface area contributed by atoms with E-state index in [-0.39, 0.29) is 5.41 Å². The average Bonchev–Trinajstić information content (AvgIpc) is 3.45. The highest BCUT2D eigenvalue weighted by Crippen LogP contribution is 2.32. The van der Waals surface area contributed by atoms with Crippen molar-refractivity contribution in [3.63, 3.8) is 0 Å². The third-order valence-electron chi connectivity index (χ3n) is 6.84. The van der Waals surface area contributed by atoms with Crippen LogP contribution in [0, 0.1) is 12.8 Å². The van der Waals surface area contributed by atoms with E-state index in [0.717, 1.165) is 61.1 Å². The predicted octanol–water partition coefficient (Wildman–Crippen LogP) is 4.83. The van der Waals surface area contributed by atoms with Crippen LogP contribution >= 0.6 is 0 Å². The van der Waals surface area contributed by atoms with Crippen LogP contribution < -0.4 is 10.2 Å². The van der Waals surface area contributed by atoms with Gasteiger partial charge in [0.25, 0.3) is 0 Å². The Morgan fingerprint density at radius 3 is 2.59 bits per heavy atom. The Labute approximate surface area is 201 Å². The number of anilines is 3. The second kappa shape index (κ2) is 8.74. The number of benzene rings is 1. The molecule has 0 bridgehead atoms. The summed E-state index contributed by atoms with van der Waals surface area (Å²) in [7, 11) is 1.99. The Morgan fingerprint density at radius 2 is 1.88 bits per heavy atom. The fourth-order valence-corrected chi connectivity index (χ4v) is 4.63. The van der Waals surface area contributed by atoms with Gasteiger partial charge in [0.2, 0.25) is 5.95 Å². The molecule has 0 spiro atoms. The molecule has 0 saturated carbocycles. The number of nitrogens with one attached hydrogen (secondary N) is 1. The Balaban J connectivity index is 1.42. The van der Waals surface area contributed by atoms with Gasteiger partial charge in [-0.1, -0.05) is 32.9 Å². The minimum Gasteiger partial charge on any atom is -0.341 e. The Bertz CT molecular complexity index is 1270. The summed E-state index contributed by atoms with van der Waals surface area (Å²) in [4.78, 5) is 20.9. The maximum absolute atomic E-state index is 5.01. The lowest BCUT2D eigenvalue weighted by Gasteiger charge is -2.32. The predicted molar refractivity (Wildman–Crippen MR) is 137 cm³/mol. The molecule has 1 N–H and O–H groups in total. The zero-order valence-electron chi connectivity index (χ0n) is 20.8. The second-order valence-electron chi connectivity index (χ2n) is 10.5. The van der Waals surface area contributed by atoms with Crippen molar-refractivity contribution in [2.75, 3.05) is 23.3 Å². The number of nitrogens with zero attached hydrogens (tertiary/aromatic N) is 7. The molecule has 3 aromatic heterocycles. The first-order valence-corrected chi connectivity index (χ1v) is 12.1. The van der Waals surface area contributed by atoms with Gasteiger partial charge >= 0.3 is 0 Å². The van der Waals surface area contributed by atoms with Gasteiger partial charge in [0.15, 0.2) is 11.5 Å². The van der Waals surface area contributed by atoms with Gasteiger partial charge in [-0.15, -0.1) is 0 Å². The maximum atomic E-state index is 5.01. The molecule has 4 aromatic rings. The highest BCUT2D eigenvalue weighted by atomic mass is 15.3. The molecule has 8 nitrogen and oxygen atoms in total. The summed E-state index contributed by atoms with van der Waals surface area (Å²) in [6, 6.07) is 6.62. The minimum atomic E-state index is 0.0733. The van der Waals surface area contributed by atoms with Crippen molar-refractivity contribution in [1.82, 2.24) is 29.1 Å². The van der Waals surface area contributed by atoms with Crippen molar-refractivity contribution in [3.8, 4) is 0 Å². The van der Waals surface area contributed by atoms with Crippen LogP contribution in [-0.4, -0.2) is 42.2 Å². The molecule has 1 aliphatic heterocycles. The van der Waals surface area contributed by atoms with Gasteiger partial charge in [-0.05, 0) is 48.3 Å². The van der Waals surface area contributed by atoms with Crippen LogP contribution in [0.1, 0.15) is 44.7 Å². The number of imidazole rings is 2. The fraction of sp³-hybridized carbons (Fsp3) is 0.462. The van der Waals surface area contributed by atoms with Crippen LogP contribution in [0.15, 0.2) is 43.2 Å². The number of fused-ring (bicyclic) bond motifs is 1. The summed E-state index contributed by atoms with van der Waals surface area (Å²) in [6.07, 6.45) is 9.81. The van der Waals surface area contributed by atoms with Gasteiger partial charge < -0.3 is 19.4 Å². The number of hydrogen-bond acceptors (Lipinski definition) is 6. The Kier molecular flexibility index (Phi) is 5.75. The topological polar surface area (TPSA) is 76.7 Å². The van der Waals surface area contributed by atoms with E-state index in [1.165, 1.54) is 11.1 Å². The second-order valence-corrected chi connectivity index (χ2v) is 10.5. The number of rotatable bonds is 5. The zero-order chi connectivity index (χ0) is 23.9. The number of piperidine rings is 1. The molecule has 0 unspecified atom stereocenters. The summed E-state index contributed by atoms with van der Waals surface area (Å²) in [5.74, 6) is 2.19. The van der Waals surface area contributed by atoms with Crippen molar-refractivity contribution >= 4 is 28.6 Å². The van der Waals surface area contributed by atoms with E-state index in [0.29, 0.717) is 5.92 Å². The minimum absolute atomic E-state index is 0.0733. The van der Waals surface area contributed by atoms with Crippen molar-refractivity contribution in [1.29, 1.82) is 0 Å². The van der Waals surface area contributed by atoms with Crippen LogP contribution in [0.3, 0.4) is 0 Å². The largest absolute Gasteiger partial charge is 0.341 e. The van der Waals surface area contributed by atoms with E-state index in [1.807, 2.05) is 36.7 Å². The van der Waals surface area contributed by atoms with E-state index in [2.05, 4.69) is 70.6 Å². The first kappa shape index (κ1) is 22.4. The van der Waals surface area contributed by atoms with Crippen LogP contribution in [-0.2, 0) is 19.0 Å². The van der Waals surface area contributed by atoms with E-state index in [1.54, 1.807) is 0 Å². The molecule has 4 heterocycles. The molecule has 1 aromatic carbocycles. The number of hydrogen-bond donors (Lipinski definition) is 1. The molecule has 0 radical (unpaired) electrons. The van der Waals surface area contributed by atoms with E-state index in [4.69, 9.17) is 9.97 Å². The summed E-state index contributed by atoms with van der Waals surface area (Å²) < 4.78 is 4.16. The molecule has 1 saturated heterocycles. The van der Waals surface area contributed by atoms with Crippen LogP contribution in [0.5, 0.6) is 0 Å². The Hall–Kier alpha value is -3.42. The van der Waals surface area contributed by atoms with Gasteiger partial charge in [0.1, 0.15) is 5.52 Å². The first-order valence-electron chi connectivity index (χ1n) is 12.1. The summed E-state index contributed by atoms with van der Waals surface area (Å²) >= 11 is 0. The Morgan fingerprint density at radius 1 is 1.09 bits per heavy atom. The van der Waals surface area contributed by atoms with Crippen molar-refractivity contribution < 1.29 is 0 Å². The summed E-state index contributed by atoms with van der Waals surface area (Å²) in [5, 5.41) is 3.62. The first-order chi connectivity index (χ1) is 16.3. The quantitative estimate of drug-likeness (QED) is 0.462. The van der Waals surface area contributed by atoms with Gasteiger partial charge in [0.05, 0.1) is 12.7 Å². The fourth-order valence-electron chi connectivity index (χ4n) is 4.63. The molecular weight excluding hydrogens is 424 g/mol. The third kappa shape index (κ3) is 4.49. The molecule has 34 heavy (non-hydrogen) atoms. The summed E-state index contributed by atoms with van der Waals surface area (Å²) in [5.41, 5.74) is 5.25. The lowest BCUT2D eigenvalue weighted by molar-refractivity contribution is 0.355. The number of aromatic nitrogens is 6. The average molecular weight is 459 g/mol. The lowest BCUT2D eigenvalue weighted by atomic mass is 9.86. The SMILES string of the molecule is Cc1ccc(C(C)(C)C)cc1Nc1nc(N2CCC(Cn3ccnc3)CC2)nc2ncn(C)c12. The molecular formula is C26H34N8. The lowest BCUT2D eigenvalue weighted by Crippen LogP contribution is -2.36. The molecule has 1 aliphatic rings. The van der Waals surface area contributed by atoms with E-state index >= 15 is 0 Å². The molecule has 8 heteroatoms. The van der Waals surface area contributed by atoms with E-state index in [9.17, 15) is 0 Å². The molecule has 0 atom stereocenters. The van der Waals surface area contributed by atoms with Crippen molar-refractivity contribution in [2.45, 2.75) is 52.5 Å². The van der Waals surface area contributed by atoms with Gasteiger partial charge in [0, 0.05) is 44.8 Å². The van der Waals surface area contributed by atoms with Crippen LogP contribution in [0.2, 0.25) is 0 Å². The smallest absolute Gasteiger partial charge is 0.229 e. The van der Waals surface area contributed by atoms with Crippen molar-refractivity contribution in [2.24, 2.45) is 13.0 Å². The molecule has 5 rings (SSSR count). The third-order valence-corrected chi connectivity index (χ3v) is 6.84. The van der Waals surface area contributed by atoms with Gasteiger partial charge in [-0.25, -0.2) is 9.97 Å². The highest BCUT2D eigenvalue weighted by Gasteiger charge is 2.24. The summed E-state index contributed by atoms with van der Waals surface area (Å²) in [6.45, 7) is 11.7. The molecule has 0 aliphatic carbocycles. The number of aryl methyl sites for hydroxylation is 2. The highest BCUT2D eigenvalue weighted by molar-refractivity contribution is 5.87. The van der Waals surface area contributed by atoms with Gasteiger partial charge in [-0.2, -0.15) is 9.97 Å². The van der Waals surface area contributed by atoms with Gasteiger partial charge in [-0.3, -0.25) is 0 Å². The van der Waals surface area contributed by atoms with E-state index < -0.39 is 0 Å².